The Bertz CT molecular complexity index is 2510. The van der Waals surface area contributed by atoms with E-state index in [1.165, 1.54) is 54.3 Å². The fourth-order valence-electron chi connectivity index (χ4n) is 8.03. The maximum absolute atomic E-state index is 5.36. The van der Waals surface area contributed by atoms with E-state index in [9.17, 15) is 0 Å². The van der Waals surface area contributed by atoms with Gasteiger partial charge in [0.2, 0.25) is 0 Å². The van der Waals surface area contributed by atoms with Crippen LogP contribution in [0.15, 0.2) is 192 Å². The molecule has 10 rings (SSSR count). The molecule has 1 aromatic heterocycles. The largest absolute Gasteiger partial charge is 0.228 e. The van der Waals surface area contributed by atoms with Gasteiger partial charge in [-0.3, -0.25) is 0 Å². The first-order valence-corrected chi connectivity index (χ1v) is 17.8. The summed E-state index contributed by atoms with van der Waals surface area (Å²) in [5, 5.41) is 0. The highest BCUT2D eigenvalue weighted by molar-refractivity contribution is 7.99. The minimum atomic E-state index is -0.439. The first kappa shape index (κ1) is 28.9. The molecule has 1 aliphatic carbocycles. The van der Waals surface area contributed by atoms with E-state index in [2.05, 4.69) is 170 Å². The molecule has 234 valence electrons. The molecule has 0 N–H and O–H groups in total. The van der Waals surface area contributed by atoms with Crippen molar-refractivity contribution in [3.63, 3.8) is 0 Å². The van der Waals surface area contributed by atoms with E-state index in [4.69, 9.17) is 9.97 Å². The highest BCUT2D eigenvalue weighted by Gasteiger charge is 2.50. The van der Waals surface area contributed by atoms with Crippen molar-refractivity contribution >= 4 is 11.8 Å². The minimum Gasteiger partial charge on any atom is -0.228 e. The van der Waals surface area contributed by atoms with Crippen molar-refractivity contribution in [2.75, 3.05) is 0 Å². The van der Waals surface area contributed by atoms with Crippen molar-refractivity contribution < 1.29 is 0 Å². The van der Waals surface area contributed by atoms with Crippen molar-refractivity contribution in [1.29, 1.82) is 0 Å². The van der Waals surface area contributed by atoms with Gasteiger partial charge in [0.1, 0.15) is 0 Å². The van der Waals surface area contributed by atoms with E-state index in [1.54, 1.807) is 0 Å². The highest BCUT2D eigenvalue weighted by Crippen LogP contribution is 2.63. The van der Waals surface area contributed by atoms with Gasteiger partial charge in [-0.2, -0.15) is 0 Å². The molecule has 0 saturated heterocycles. The van der Waals surface area contributed by atoms with Gasteiger partial charge < -0.3 is 0 Å². The highest BCUT2D eigenvalue weighted by atomic mass is 32.2. The van der Waals surface area contributed by atoms with Crippen molar-refractivity contribution in [1.82, 2.24) is 9.97 Å². The number of benzene rings is 7. The van der Waals surface area contributed by atoms with Crippen LogP contribution in [-0.2, 0) is 5.41 Å². The summed E-state index contributed by atoms with van der Waals surface area (Å²) in [6.45, 7) is 0. The summed E-state index contributed by atoms with van der Waals surface area (Å²) in [7, 11) is 0. The molecular weight excluding hydrogens is 625 g/mol. The Morgan fingerprint density at radius 1 is 0.360 bits per heavy atom. The Hall–Kier alpha value is -6.03. The zero-order valence-electron chi connectivity index (χ0n) is 27.1. The van der Waals surface area contributed by atoms with Gasteiger partial charge in [-0.05, 0) is 62.7 Å². The van der Waals surface area contributed by atoms with Crippen molar-refractivity contribution in [3.05, 3.63) is 204 Å². The van der Waals surface area contributed by atoms with Crippen molar-refractivity contribution in [2.45, 2.75) is 15.2 Å². The molecule has 2 nitrogen and oxygen atoms in total. The molecule has 0 bridgehead atoms. The van der Waals surface area contributed by atoms with Crippen LogP contribution in [0.4, 0.5) is 0 Å². The van der Waals surface area contributed by atoms with E-state index in [-0.39, 0.29) is 0 Å². The maximum Gasteiger partial charge on any atom is 0.160 e. The third-order valence-corrected chi connectivity index (χ3v) is 11.3. The van der Waals surface area contributed by atoms with Gasteiger partial charge in [0.25, 0.3) is 0 Å². The molecular formula is C47H30N2S. The lowest BCUT2D eigenvalue weighted by molar-refractivity contribution is 0.722. The van der Waals surface area contributed by atoms with Crippen LogP contribution in [0.5, 0.6) is 0 Å². The predicted octanol–water partition coefficient (Wildman–Crippen LogP) is 12.0. The second kappa shape index (κ2) is 11.5. The van der Waals surface area contributed by atoms with Crippen LogP contribution in [0.2, 0.25) is 0 Å². The second-order valence-electron chi connectivity index (χ2n) is 12.9. The lowest BCUT2D eigenvalue weighted by Gasteiger charge is -2.39. The van der Waals surface area contributed by atoms with Crippen molar-refractivity contribution in [3.8, 4) is 56.2 Å². The van der Waals surface area contributed by atoms with E-state index in [1.807, 2.05) is 23.9 Å². The molecule has 1 spiro atoms. The molecule has 0 unspecified atom stereocenters. The lowest BCUT2D eigenvalue weighted by atomic mass is 9.67. The van der Waals surface area contributed by atoms with Crippen LogP contribution in [0.25, 0.3) is 56.2 Å². The first-order chi connectivity index (χ1) is 24.8. The molecule has 50 heavy (non-hydrogen) atoms. The number of fused-ring (bicyclic) bond motifs is 9. The number of nitrogens with zero attached hydrogens (tertiary/aromatic N) is 2. The smallest absolute Gasteiger partial charge is 0.160 e. The Balaban J connectivity index is 1.22. The van der Waals surface area contributed by atoms with Crippen LogP contribution in [0, 0.1) is 0 Å². The van der Waals surface area contributed by atoms with Crippen LogP contribution in [0.3, 0.4) is 0 Å². The van der Waals surface area contributed by atoms with Gasteiger partial charge in [0, 0.05) is 26.5 Å². The normalized spacial score (nSPS) is 13.3. The van der Waals surface area contributed by atoms with E-state index in [0.717, 1.165) is 28.1 Å². The fourth-order valence-corrected chi connectivity index (χ4v) is 9.22. The summed E-state index contributed by atoms with van der Waals surface area (Å²) < 4.78 is 0. The maximum atomic E-state index is 5.36. The molecule has 2 heterocycles. The summed E-state index contributed by atoms with van der Waals surface area (Å²) in [6, 6.07) is 65.4. The Morgan fingerprint density at radius 2 is 0.860 bits per heavy atom. The Morgan fingerprint density at radius 3 is 1.56 bits per heavy atom. The third-order valence-electron chi connectivity index (χ3n) is 10.2. The topological polar surface area (TPSA) is 25.8 Å². The van der Waals surface area contributed by atoms with Gasteiger partial charge >= 0.3 is 0 Å². The van der Waals surface area contributed by atoms with Gasteiger partial charge in [0.05, 0.1) is 16.8 Å². The SMILES string of the molecule is c1ccc(-c2ccc(-c3nc(-c4ccccc4)cc(-c4cccc5c4-c4ccccc4C54c5ccccc5Sc5ccccc54)n3)cc2)cc1. The molecule has 1 aliphatic heterocycles. The molecule has 0 amide bonds. The number of aromatic nitrogens is 2. The standard InChI is InChI=1S/C47H30N2S/c1-3-14-31(15-4-1)32-26-28-34(29-27-32)46-48-41(33-16-5-2-6-17-33)30-42(49-46)36-19-13-23-40-45(36)35-18-7-8-20-37(35)47(40)38-21-9-11-24-43(38)50-44-25-12-10-22-39(44)47/h1-30H. The molecule has 8 aromatic rings. The molecule has 0 saturated carbocycles. The molecule has 7 aromatic carbocycles. The fraction of sp³-hybridized carbons (Fsp3) is 0.0213. The van der Waals surface area contributed by atoms with Crippen LogP contribution in [-0.4, -0.2) is 9.97 Å². The lowest BCUT2D eigenvalue weighted by Crippen LogP contribution is -2.31. The summed E-state index contributed by atoms with van der Waals surface area (Å²) >= 11 is 1.87. The molecule has 0 atom stereocenters. The van der Waals surface area contributed by atoms with Gasteiger partial charge in [0.15, 0.2) is 5.82 Å². The average molecular weight is 655 g/mol. The average Bonchev–Trinajstić information content (AvgIpc) is 3.49. The van der Waals surface area contributed by atoms with Gasteiger partial charge in [-0.15, -0.1) is 0 Å². The third kappa shape index (κ3) is 4.37. The van der Waals surface area contributed by atoms with Crippen LogP contribution >= 0.6 is 11.8 Å². The summed E-state index contributed by atoms with van der Waals surface area (Å²) in [5.41, 5.74) is 14.7. The monoisotopic (exact) mass is 654 g/mol. The summed E-state index contributed by atoms with van der Waals surface area (Å²) in [4.78, 5) is 13.1. The summed E-state index contributed by atoms with van der Waals surface area (Å²) in [6.07, 6.45) is 0. The second-order valence-corrected chi connectivity index (χ2v) is 14.0. The van der Waals surface area contributed by atoms with Crippen molar-refractivity contribution in [2.24, 2.45) is 0 Å². The zero-order chi connectivity index (χ0) is 33.1. The van der Waals surface area contributed by atoms with E-state index in [0.29, 0.717) is 5.82 Å². The van der Waals surface area contributed by atoms with E-state index >= 15 is 0 Å². The number of rotatable bonds is 4. The quantitative estimate of drug-likeness (QED) is 0.189. The Labute approximate surface area is 296 Å². The number of hydrogen-bond acceptors (Lipinski definition) is 3. The molecule has 0 radical (unpaired) electrons. The van der Waals surface area contributed by atoms with Gasteiger partial charge in [-0.1, -0.05) is 176 Å². The predicted molar refractivity (Wildman–Crippen MR) is 205 cm³/mol. The van der Waals surface area contributed by atoms with Crippen LogP contribution < -0.4 is 0 Å². The zero-order valence-corrected chi connectivity index (χ0v) is 27.9. The first-order valence-electron chi connectivity index (χ1n) is 17.0. The summed E-state index contributed by atoms with van der Waals surface area (Å²) in [5.74, 6) is 0.712. The molecule has 0 fully saturated rings. The van der Waals surface area contributed by atoms with Gasteiger partial charge in [-0.25, -0.2) is 9.97 Å². The molecule has 2 aliphatic rings. The van der Waals surface area contributed by atoms with Crippen LogP contribution in [0.1, 0.15) is 22.3 Å². The Kier molecular flexibility index (Phi) is 6.68. The number of hydrogen-bond donors (Lipinski definition) is 0. The minimum absolute atomic E-state index is 0.439. The van der Waals surface area contributed by atoms with E-state index < -0.39 is 5.41 Å². The molecule has 3 heteroatoms.